The van der Waals surface area contributed by atoms with Gasteiger partial charge in [0.15, 0.2) is 11.6 Å². The second-order valence-electron chi connectivity index (χ2n) is 5.48. The number of rotatable bonds is 4. The molecule has 2 aliphatic rings. The summed E-state index contributed by atoms with van der Waals surface area (Å²) in [6.07, 6.45) is 0.706. The molecule has 1 aromatic heterocycles. The highest BCUT2D eigenvalue weighted by atomic mass is 16.5. The van der Waals surface area contributed by atoms with Crippen molar-refractivity contribution in [3.05, 3.63) is 11.5 Å². The van der Waals surface area contributed by atoms with Gasteiger partial charge in [0.05, 0.1) is 18.9 Å². The monoisotopic (exact) mass is 307 g/mol. The fourth-order valence-corrected chi connectivity index (χ4v) is 2.66. The average molecular weight is 307 g/mol. The minimum atomic E-state index is -1.00. The van der Waals surface area contributed by atoms with E-state index in [9.17, 15) is 4.79 Å². The Morgan fingerprint density at radius 3 is 2.91 bits per heavy atom. The lowest BCUT2D eigenvalue weighted by molar-refractivity contribution is -0.123. The van der Waals surface area contributed by atoms with E-state index in [-0.39, 0.29) is 5.91 Å². The molecule has 0 aliphatic carbocycles. The summed E-state index contributed by atoms with van der Waals surface area (Å²) in [7, 11) is 0. The van der Waals surface area contributed by atoms with Crippen LogP contribution < -0.4 is 15.8 Å². The summed E-state index contributed by atoms with van der Waals surface area (Å²) in [6.45, 7) is 6.32. The van der Waals surface area contributed by atoms with Crippen molar-refractivity contribution in [2.75, 3.05) is 38.2 Å². The molecule has 22 heavy (non-hydrogen) atoms. The van der Waals surface area contributed by atoms with Gasteiger partial charge in [0.1, 0.15) is 5.82 Å². The first kappa shape index (κ1) is 15.1. The fraction of sp³-hybridized carbons (Fsp3) is 0.643. The number of hydrogen-bond donors (Lipinski definition) is 2. The molecule has 3 heterocycles. The first-order chi connectivity index (χ1) is 10.6. The molecule has 120 valence electrons. The second kappa shape index (κ2) is 6.55. The van der Waals surface area contributed by atoms with Gasteiger partial charge in [0, 0.05) is 13.1 Å². The first-order valence-electron chi connectivity index (χ1n) is 7.54. The minimum Gasteiger partial charge on any atom is -0.460 e. The zero-order chi connectivity index (χ0) is 15.5. The zero-order valence-electron chi connectivity index (χ0n) is 12.7. The molecule has 1 unspecified atom stereocenters. The van der Waals surface area contributed by atoms with Crippen molar-refractivity contribution in [1.82, 2.24) is 14.9 Å². The highest BCUT2D eigenvalue weighted by Gasteiger charge is 2.28. The van der Waals surface area contributed by atoms with Crippen molar-refractivity contribution in [2.24, 2.45) is 5.73 Å². The lowest BCUT2D eigenvalue weighted by Crippen LogP contribution is -2.44. The van der Waals surface area contributed by atoms with Crippen molar-refractivity contribution < 1.29 is 14.3 Å². The number of aryl methyl sites for hydroxylation is 2. The van der Waals surface area contributed by atoms with Gasteiger partial charge in [-0.15, -0.1) is 0 Å². The van der Waals surface area contributed by atoms with Crippen LogP contribution in [0, 0.1) is 6.92 Å². The summed E-state index contributed by atoms with van der Waals surface area (Å²) < 4.78 is 10.8. The van der Waals surface area contributed by atoms with Crippen molar-refractivity contribution in [3.8, 4) is 5.75 Å². The number of carbonyl (C=O) groups is 1. The third-order valence-electron chi connectivity index (χ3n) is 3.78. The van der Waals surface area contributed by atoms with Crippen LogP contribution in [0.5, 0.6) is 5.75 Å². The van der Waals surface area contributed by atoms with E-state index in [1.165, 1.54) is 0 Å². The third-order valence-corrected chi connectivity index (χ3v) is 3.78. The van der Waals surface area contributed by atoms with Crippen molar-refractivity contribution in [3.63, 3.8) is 0 Å². The summed E-state index contributed by atoms with van der Waals surface area (Å²) in [6, 6.07) is 0. The topological polar surface area (TPSA) is 103 Å². The van der Waals surface area contributed by atoms with Crippen molar-refractivity contribution in [1.29, 1.82) is 0 Å². The van der Waals surface area contributed by atoms with Gasteiger partial charge in [0.2, 0.25) is 6.23 Å². The Kier molecular flexibility index (Phi) is 4.51. The summed E-state index contributed by atoms with van der Waals surface area (Å²) in [5, 5.41) is 2.66. The Balaban J connectivity index is 1.66. The van der Waals surface area contributed by atoms with Gasteiger partial charge in [-0.25, -0.2) is 9.97 Å². The van der Waals surface area contributed by atoms with E-state index < -0.39 is 6.23 Å². The largest absolute Gasteiger partial charge is 0.460 e. The van der Waals surface area contributed by atoms with Gasteiger partial charge in [-0.1, -0.05) is 0 Å². The number of carbonyl (C=O) groups excluding carboxylic acids is 1. The SMILES string of the molecule is Cc1nc(CCCN2CCOCC2)c2c(n1)NC(=O)C(N)O2. The number of hydrogen-bond acceptors (Lipinski definition) is 7. The van der Waals surface area contributed by atoms with Crippen LogP contribution in [0.3, 0.4) is 0 Å². The number of nitrogens with zero attached hydrogens (tertiary/aromatic N) is 3. The molecule has 0 saturated carbocycles. The molecule has 1 atom stereocenters. The summed E-state index contributed by atoms with van der Waals surface area (Å²) in [5.41, 5.74) is 6.43. The molecule has 1 fully saturated rings. The smallest absolute Gasteiger partial charge is 0.281 e. The van der Waals surface area contributed by atoms with Gasteiger partial charge < -0.3 is 14.8 Å². The molecule has 3 rings (SSSR count). The maximum Gasteiger partial charge on any atom is 0.281 e. The number of nitrogens with one attached hydrogen (secondary N) is 1. The van der Waals surface area contributed by atoms with Crippen molar-refractivity contribution >= 4 is 11.7 Å². The quantitative estimate of drug-likeness (QED) is 0.785. The van der Waals surface area contributed by atoms with E-state index in [4.69, 9.17) is 15.2 Å². The Labute approximate surface area is 129 Å². The molecular formula is C14H21N5O3. The summed E-state index contributed by atoms with van der Waals surface area (Å²) >= 11 is 0. The molecule has 1 amide bonds. The number of amides is 1. The highest BCUT2D eigenvalue weighted by molar-refractivity contribution is 5.96. The van der Waals surface area contributed by atoms with Gasteiger partial charge in [-0.05, 0) is 26.3 Å². The maximum atomic E-state index is 11.6. The van der Waals surface area contributed by atoms with Crippen LogP contribution in [-0.4, -0.2) is 59.9 Å². The van der Waals surface area contributed by atoms with Crippen LogP contribution in [0.4, 0.5) is 5.82 Å². The van der Waals surface area contributed by atoms with Crippen LogP contribution in [0.15, 0.2) is 0 Å². The molecule has 1 aromatic rings. The van der Waals surface area contributed by atoms with Gasteiger partial charge in [0.25, 0.3) is 5.91 Å². The number of fused-ring (bicyclic) bond motifs is 1. The van der Waals surface area contributed by atoms with E-state index in [0.717, 1.165) is 51.4 Å². The van der Waals surface area contributed by atoms with E-state index in [2.05, 4.69) is 20.2 Å². The molecule has 1 saturated heterocycles. The molecule has 8 heteroatoms. The standard InChI is InChI=1S/C14H21N5O3/c1-9-16-10(3-2-4-19-5-7-21-8-6-19)11-13(17-9)18-14(20)12(15)22-11/h12H,2-8,15H2,1H3,(H,16,17,18,20). The fourth-order valence-electron chi connectivity index (χ4n) is 2.66. The van der Waals surface area contributed by atoms with Crippen LogP contribution in [0.2, 0.25) is 0 Å². The molecule has 8 nitrogen and oxygen atoms in total. The molecule has 2 aliphatic heterocycles. The maximum absolute atomic E-state index is 11.6. The van der Waals surface area contributed by atoms with Crippen LogP contribution >= 0.6 is 0 Å². The summed E-state index contributed by atoms with van der Waals surface area (Å²) in [5.74, 6) is 1.14. The molecule has 0 aromatic carbocycles. The Hall–Kier alpha value is -1.77. The van der Waals surface area contributed by atoms with Crippen LogP contribution in [-0.2, 0) is 16.0 Å². The normalized spacial score (nSPS) is 21.9. The predicted octanol–water partition coefficient (Wildman–Crippen LogP) is -0.334. The predicted molar refractivity (Wildman–Crippen MR) is 79.6 cm³/mol. The van der Waals surface area contributed by atoms with E-state index in [1.807, 2.05) is 0 Å². The third kappa shape index (κ3) is 3.34. The Morgan fingerprint density at radius 2 is 2.14 bits per heavy atom. The summed E-state index contributed by atoms with van der Waals surface area (Å²) in [4.78, 5) is 22.6. The van der Waals surface area contributed by atoms with E-state index in [1.54, 1.807) is 6.92 Å². The number of anilines is 1. The number of aromatic nitrogens is 2. The van der Waals surface area contributed by atoms with Gasteiger partial charge in [-0.3, -0.25) is 15.4 Å². The number of nitrogens with two attached hydrogens (primary N) is 1. The first-order valence-corrected chi connectivity index (χ1v) is 7.54. The Morgan fingerprint density at radius 1 is 1.36 bits per heavy atom. The lowest BCUT2D eigenvalue weighted by Gasteiger charge is -2.27. The van der Waals surface area contributed by atoms with Crippen molar-refractivity contribution in [2.45, 2.75) is 26.0 Å². The number of ether oxygens (including phenoxy) is 2. The average Bonchev–Trinajstić information content (AvgIpc) is 2.50. The van der Waals surface area contributed by atoms with Crippen LogP contribution in [0.25, 0.3) is 0 Å². The van der Waals surface area contributed by atoms with Crippen LogP contribution in [0.1, 0.15) is 17.9 Å². The van der Waals surface area contributed by atoms with E-state index >= 15 is 0 Å². The van der Waals surface area contributed by atoms with E-state index in [0.29, 0.717) is 17.4 Å². The van der Waals surface area contributed by atoms with Gasteiger partial charge in [-0.2, -0.15) is 0 Å². The molecule has 3 N–H and O–H groups in total. The number of morpholine rings is 1. The molecular weight excluding hydrogens is 286 g/mol. The Bertz CT molecular complexity index is 560. The van der Waals surface area contributed by atoms with Gasteiger partial charge >= 0.3 is 0 Å². The lowest BCUT2D eigenvalue weighted by atomic mass is 10.2. The second-order valence-corrected chi connectivity index (χ2v) is 5.48. The highest BCUT2D eigenvalue weighted by Crippen LogP contribution is 2.30. The molecule has 0 spiro atoms. The minimum absolute atomic E-state index is 0.384. The zero-order valence-corrected chi connectivity index (χ0v) is 12.7. The molecule has 0 bridgehead atoms. The molecule has 0 radical (unpaired) electrons.